The van der Waals surface area contributed by atoms with Gasteiger partial charge in [-0.15, -0.1) is 34.2 Å². The molecule has 0 fully saturated rings. The normalized spacial score (nSPS) is 12.4. The van der Waals surface area contributed by atoms with Crippen molar-refractivity contribution in [3.8, 4) is 0 Å². The van der Waals surface area contributed by atoms with Crippen LogP contribution in [-0.2, 0) is 17.7 Å². The molecule has 2 aromatic rings. The predicted molar refractivity (Wildman–Crippen MR) is 120 cm³/mol. The van der Waals surface area contributed by atoms with E-state index in [-0.39, 0.29) is 30.0 Å². The average Bonchev–Trinajstić information content (AvgIpc) is 3.09. The largest absolute Gasteiger partial charge is 0.383 e. The van der Waals surface area contributed by atoms with E-state index in [9.17, 15) is 0 Å². The highest BCUT2D eigenvalue weighted by Crippen LogP contribution is 2.17. The first-order chi connectivity index (χ1) is 12.6. The zero-order valence-electron chi connectivity index (χ0n) is 16.0. The molecule has 1 aromatic carbocycles. The van der Waals surface area contributed by atoms with Crippen molar-refractivity contribution in [2.45, 2.75) is 32.9 Å². The Kier molecular flexibility index (Phi) is 11.3. The molecule has 0 aliphatic rings. The van der Waals surface area contributed by atoms with Crippen LogP contribution in [-0.4, -0.2) is 47.5 Å². The molecule has 9 heteroatoms. The topological polar surface area (TPSA) is 76.4 Å². The third-order valence-corrected chi connectivity index (χ3v) is 4.16. The standard InChI is InChI=1S/C18H27ClN6O.HI/c1-4-17-24-22-13-25(17)10-8-20-18(21-9-11-26-3)23-14(2)15-6-5-7-16(19)12-15;/h5-7,12-14H,4,8-11H2,1-3H3,(H2,20,21,23);1H. The molecule has 0 aliphatic heterocycles. The van der Waals surface area contributed by atoms with E-state index in [0.29, 0.717) is 19.7 Å². The van der Waals surface area contributed by atoms with Crippen LogP contribution >= 0.6 is 35.6 Å². The third-order valence-electron chi connectivity index (χ3n) is 3.92. The van der Waals surface area contributed by atoms with Crippen molar-refractivity contribution in [3.63, 3.8) is 0 Å². The molecule has 7 nitrogen and oxygen atoms in total. The number of guanidine groups is 1. The Labute approximate surface area is 183 Å². The minimum absolute atomic E-state index is 0. The SMILES string of the molecule is CCc1nncn1CCNC(=NCCOC)NC(C)c1cccc(Cl)c1.I. The number of hydrogen-bond donors (Lipinski definition) is 2. The fourth-order valence-electron chi connectivity index (χ4n) is 2.50. The summed E-state index contributed by atoms with van der Waals surface area (Å²) in [6.07, 6.45) is 2.61. The van der Waals surface area contributed by atoms with Gasteiger partial charge in [0.25, 0.3) is 0 Å². The van der Waals surface area contributed by atoms with Gasteiger partial charge in [-0.05, 0) is 24.6 Å². The van der Waals surface area contributed by atoms with Crippen molar-refractivity contribution in [2.24, 2.45) is 4.99 Å². The van der Waals surface area contributed by atoms with Crippen molar-refractivity contribution in [1.82, 2.24) is 25.4 Å². The molecule has 1 aromatic heterocycles. The van der Waals surface area contributed by atoms with Crippen LogP contribution < -0.4 is 10.6 Å². The number of ether oxygens (including phenoxy) is 1. The Morgan fingerprint density at radius 2 is 2.22 bits per heavy atom. The van der Waals surface area contributed by atoms with E-state index >= 15 is 0 Å². The van der Waals surface area contributed by atoms with Gasteiger partial charge in [-0.1, -0.05) is 30.7 Å². The summed E-state index contributed by atoms with van der Waals surface area (Å²) in [5.74, 6) is 1.71. The number of methoxy groups -OCH3 is 1. The first kappa shape index (κ1) is 23.6. The van der Waals surface area contributed by atoms with Crippen LogP contribution in [0.15, 0.2) is 35.6 Å². The number of halogens is 2. The van der Waals surface area contributed by atoms with Gasteiger partial charge in [-0.3, -0.25) is 4.99 Å². The Hall–Kier alpha value is -1.39. The Morgan fingerprint density at radius 3 is 2.93 bits per heavy atom. The van der Waals surface area contributed by atoms with Crippen molar-refractivity contribution in [1.29, 1.82) is 0 Å². The molecule has 0 radical (unpaired) electrons. The Bertz CT molecular complexity index is 709. The van der Waals surface area contributed by atoms with Crippen LogP contribution in [0.2, 0.25) is 5.02 Å². The molecule has 1 atom stereocenters. The van der Waals surface area contributed by atoms with E-state index < -0.39 is 0 Å². The van der Waals surface area contributed by atoms with E-state index in [2.05, 4.69) is 39.7 Å². The van der Waals surface area contributed by atoms with Gasteiger partial charge < -0.3 is 19.9 Å². The lowest BCUT2D eigenvalue weighted by Crippen LogP contribution is -2.40. The van der Waals surface area contributed by atoms with Gasteiger partial charge in [-0.25, -0.2) is 0 Å². The summed E-state index contributed by atoms with van der Waals surface area (Å²) in [5, 5.41) is 15.6. The quantitative estimate of drug-likeness (QED) is 0.237. The molecule has 0 saturated heterocycles. The van der Waals surface area contributed by atoms with Gasteiger partial charge >= 0.3 is 0 Å². The third kappa shape index (κ3) is 8.02. The van der Waals surface area contributed by atoms with E-state index in [1.165, 1.54) is 0 Å². The fourth-order valence-corrected chi connectivity index (χ4v) is 2.70. The molecule has 1 heterocycles. The van der Waals surface area contributed by atoms with Crippen LogP contribution in [0.5, 0.6) is 0 Å². The molecule has 0 saturated carbocycles. The molecule has 0 spiro atoms. The number of hydrogen-bond acceptors (Lipinski definition) is 4. The highest BCUT2D eigenvalue weighted by molar-refractivity contribution is 14.0. The molecular weight excluding hydrogens is 479 g/mol. The van der Waals surface area contributed by atoms with Crippen molar-refractivity contribution < 1.29 is 4.74 Å². The van der Waals surface area contributed by atoms with E-state index in [4.69, 9.17) is 16.3 Å². The monoisotopic (exact) mass is 506 g/mol. The number of nitrogens with zero attached hydrogens (tertiary/aromatic N) is 4. The first-order valence-corrected chi connectivity index (χ1v) is 9.17. The van der Waals surface area contributed by atoms with E-state index in [0.717, 1.165) is 35.3 Å². The van der Waals surface area contributed by atoms with Gasteiger partial charge in [0, 0.05) is 31.6 Å². The zero-order valence-corrected chi connectivity index (χ0v) is 19.1. The van der Waals surface area contributed by atoms with Gasteiger partial charge in [0.2, 0.25) is 0 Å². The maximum atomic E-state index is 6.09. The summed E-state index contributed by atoms with van der Waals surface area (Å²) < 4.78 is 7.13. The van der Waals surface area contributed by atoms with Gasteiger partial charge in [-0.2, -0.15) is 0 Å². The maximum Gasteiger partial charge on any atom is 0.191 e. The van der Waals surface area contributed by atoms with Crippen LogP contribution in [0.25, 0.3) is 0 Å². The lowest BCUT2D eigenvalue weighted by Gasteiger charge is -2.19. The highest BCUT2D eigenvalue weighted by atomic mass is 127. The first-order valence-electron chi connectivity index (χ1n) is 8.80. The second-order valence-electron chi connectivity index (χ2n) is 5.87. The molecular formula is C18H28ClIN6O. The highest BCUT2D eigenvalue weighted by Gasteiger charge is 2.09. The summed E-state index contributed by atoms with van der Waals surface area (Å²) in [4.78, 5) is 4.56. The molecule has 150 valence electrons. The van der Waals surface area contributed by atoms with Crippen LogP contribution in [0, 0.1) is 0 Å². The number of aromatic nitrogens is 3. The molecule has 0 aliphatic carbocycles. The molecule has 27 heavy (non-hydrogen) atoms. The summed E-state index contributed by atoms with van der Waals surface area (Å²) >= 11 is 6.09. The number of benzene rings is 1. The maximum absolute atomic E-state index is 6.09. The van der Waals surface area contributed by atoms with E-state index in [1.807, 2.05) is 28.8 Å². The van der Waals surface area contributed by atoms with Gasteiger partial charge in [0.1, 0.15) is 12.2 Å². The number of nitrogens with one attached hydrogen (secondary N) is 2. The second-order valence-corrected chi connectivity index (χ2v) is 6.30. The molecule has 2 rings (SSSR count). The summed E-state index contributed by atoms with van der Waals surface area (Å²) in [6.45, 7) is 6.79. The predicted octanol–water partition coefficient (Wildman–Crippen LogP) is 3.05. The van der Waals surface area contributed by atoms with Crippen LogP contribution in [0.4, 0.5) is 0 Å². The Morgan fingerprint density at radius 1 is 1.41 bits per heavy atom. The lowest BCUT2D eigenvalue weighted by molar-refractivity contribution is 0.208. The molecule has 0 bridgehead atoms. The van der Waals surface area contributed by atoms with Crippen LogP contribution in [0.3, 0.4) is 0 Å². The minimum Gasteiger partial charge on any atom is -0.383 e. The van der Waals surface area contributed by atoms with Gasteiger partial charge in [0.15, 0.2) is 5.96 Å². The van der Waals surface area contributed by atoms with Crippen molar-refractivity contribution >= 4 is 41.5 Å². The lowest BCUT2D eigenvalue weighted by atomic mass is 10.1. The van der Waals surface area contributed by atoms with Gasteiger partial charge in [0.05, 0.1) is 19.2 Å². The number of aliphatic imine (C=N–C) groups is 1. The second kappa shape index (κ2) is 12.9. The number of aryl methyl sites for hydroxylation is 1. The van der Waals surface area contributed by atoms with Crippen molar-refractivity contribution in [3.05, 3.63) is 47.0 Å². The molecule has 1 unspecified atom stereocenters. The zero-order chi connectivity index (χ0) is 18.8. The summed E-state index contributed by atoms with van der Waals surface area (Å²) in [6, 6.07) is 7.89. The van der Waals surface area contributed by atoms with E-state index in [1.54, 1.807) is 13.4 Å². The van der Waals surface area contributed by atoms with Crippen LogP contribution in [0.1, 0.15) is 31.3 Å². The number of rotatable bonds is 9. The molecule has 0 amide bonds. The summed E-state index contributed by atoms with van der Waals surface area (Å²) in [7, 11) is 1.67. The van der Waals surface area contributed by atoms with Crippen molar-refractivity contribution in [2.75, 3.05) is 26.8 Å². The average molecular weight is 507 g/mol. The molecule has 2 N–H and O–H groups in total. The fraction of sp³-hybridized carbons (Fsp3) is 0.500. The smallest absolute Gasteiger partial charge is 0.191 e. The minimum atomic E-state index is 0. The Balaban J connectivity index is 0.00000364. The summed E-state index contributed by atoms with van der Waals surface area (Å²) in [5.41, 5.74) is 1.10.